The number of hydrogen-bond donors (Lipinski definition) is 2. The third-order valence-corrected chi connectivity index (χ3v) is 4.05. The summed E-state index contributed by atoms with van der Waals surface area (Å²) in [7, 11) is 0. The largest absolute Gasteiger partial charge is 0.352 e. The second-order valence-corrected chi connectivity index (χ2v) is 6.02. The average molecular weight is 338 g/mol. The van der Waals surface area contributed by atoms with Gasteiger partial charge in [-0.3, -0.25) is 9.59 Å². The first kappa shape index (κ1) is 18.7. The van der Waals surface area contributed by atoms with Crippen LogP contribution in [-0.2, 0) is 17.6 Å². The summed E-state index contributed by atoms with van der Waals surface area (Å²) in [5.74, 6) is -0.247. The molecule has 2 N–H and O–H groups in total. The highest BCUT2D eigenvalue weighted by molar-refractivity contribution is 6.03. The van der Waals surface area contributed by atoms with Gasteiger partial charge in [-0.25, -0.2) is 0 Å². The molecule has 4 nitrogen and oxygen atoms in total. The van der Waals surface area contributed by atoms with E-state index in [4.69, 9.17) is 0 Å². The molecule has 2 rings (SSSR count). The number of hydrogen-bond acceptors (Lipinski definition) is 2. The van der Waals surface area contributed by atoms with E-state index in [1.165, 1.54) is 5.56 Å². The van der Waals surface area contributed by atoms with E-state index in [1.54, 1.807) is 18.2 Å². The predicted octanol–water partition coefficient (Wildman–Crippen LogP) is 3.96. The molecule has 0 saturated heterocycles. The van der Waals surface area contributed by atoms with Crippen LogP contribution in [-0.4, -0.2) is 18.4 Å². The van der Waals surface area contributed by atoms with Crippen LogP contribution in [0.4, 0.5) is 5.69 Å². The van der Waals surface area contributed by atoms with E-state index in [9.17, 15) is 9.59 Å². The molecule has 0 aliphatic carbocycles. The summed E-state index contributed by atoms with van der Waals surface area (Å²) in [6.45, 7) is 4.74. The number of para-hydroxylation sites is 1. The lowest BCUT2D eigenvalue weighted by Gasteiger charge is -2.11. The first-order valence-corrected chi connectivity index (χ1v) is 8.89. The Morgan fingerprint density at radius 3 is 2.28 bits per heavy atom. The van der Waals surface area contributed by atoms with E-state index < -0.39 is 0 Å². The molecule has 0 fully saturated rings. The van der Waals surface area contributed by atoms with Crippen LogP contribution in [0.15, 0.2) is 48.5 Å². The number of aryl methyl sites for hydroxylation is 2. The van der Waals surface area contributed by atoms with Crippen LogP contribution < -0.4 is 10.6 Å². The molecule has 0 aliphatic heterocycles. The summed E-state index contributed by atoms with van der Waals surface area (Å²) in [4.78, 5) is 24.4. The van der Waals surface area contributed by atoms with Crippen LogP contribution in [0.2, 0.25) is 0 Å². The molecule has 0 saturated carbocycles. The van der Waals surface area contributed by atoms with Crippen molar-refractivity contribution in [3.8, 4) is 0 Å². The van der Waals surface area contributed by atoms with Gasteiger partial charge in [-0.15, -0.1) is 0 Å². The quantitative estimate of drug-likeness (QED) is 0.765. The van der Waals surface area contributed by atoms with E-state index in [0.29, 0.717) is 30.6 Å². The number of amides is 2. The van der Waals surface area contributed by atoms with Gasteiger partial charge in [-0.05, 0) is 42.5 Å². The van der Waals surface area contributed by atoms with Crippen molar-refractivity contribution in [3.05, 3.63) is 65.2 Å². The molecule has 2 aromatic carbocycles. The van der Waals surface area contributed by atoms with Gasteiger partial charge < -0.3 is 10.6 Å². The van der Waals surface area contributed by atoms with Crippen LogP contribution in [0.1, 0.15) is 48.2 Å². The van der Waals surface area contributed by atoms with Crippen molar-refractivity contribution in [2.75, 3.05) is 11.9 Å². The molecular formula is C21H26N2O2. The zero-order valence-corrected chi connectivity index (χ0v) is 15.0. The molecular weight excluding hydrogens is 312 g/mol. The molecule has 2 amide bonds. The van der Waals surface area contributed by atoms with Gasteiger partial charge >= 0.3 is 0 Å². The third-order valence-electron chi connectivity index (χ3n) is 4.05. The summed E-state index contributed by atoms with van der Waals surface area (Å²) in [6, 6.07) is 15.4. The van der Waals surface area contributed by atoms with Gasteiger partial charge in [0.1, 0.15) is 0 Å². The smallest absolute Gasteiger partial charge is 0.253 e. The molecule has 0 atom stereocenters. The summed E-state index contributed by atoms with van der Waals surface area (Å²) in [5, 5.41) is 5.70. The molecule has 0 aromatic heterocycles. The lowest BCUT2D eigenvalue weighted by molar-refractivity contribution is -0.116. The zero-order valence-electron chi connectivity index (χ0n) is 15.0. The lowest BCUT2D eigenvalue weighted by Crippen LogP contribution is -2.25. The monoisotopic (exact) mass is 338 g/mol. The standard InChI is InChI=1S/C21H26N2O2/c1-3-15-22-21(25)18-7-5-6-8-19(18)23-20(24)14-13-17-11-9-16(4-2)10-12-17/h5-12H,3-4,13-15H2,1-2H3,(H,22,25)(H,23,24). The molecule has 0 heterocycles. The molecule has 0 spiro atoms. The van der Waals surface area contributed by atoms with Gasteiger partial charge in [0.2, 0.25) is 5.91 Å². The Hall–Kier alpha value is -2.62. The van der Waals surface area contributed by atoms with Crippen molar-refractivity contribution in [1.82, 2.24) is 5.32 Å². The first-order valence-electron chi connectivity index (χ1n) is 8.89. The fourth-order valence-corrected chi connectivity index (χ4v) is 2.54. The normalized spacial score (nSPS) is 10.3. The van der Waals surface area contributed by atoms with E-state index in [-0.39, 0.29) is 11.8 Å². The van der Waals surface area contributed by atoms with Crippen LogP contribution >= 0.6 is 0 Å². The number of rotatable bonds is 8. The minimum absolute atomic E-state index is 0.0877. The maximum Gasteiger partial charge on any atom is 0.253 e. The number of anilines is 1. The lowest BCUT2D eigenvalue weighted by atomic mass is 10.1. The Morgan fingerprint density at radius 1 is 0.920 bits per heavy atom. The third kappa shape index (κ3) is 5.75. The summed E-state index contributed by atoms with van der Waals surface area (Å²) >= 11 is 0. The number of carbonyl (C=O) groups is 2. The highest BCUT2D eigenvalue weighted by Crippen LogP contribution is 2.16. The Labute approximate surface area is 149 Å². The van der Waals surface area contributed by atoms with E-state index >= 15 is 0 Å². The van der Waals surface area contributed by atoms with Gasteiger partial charge in [0.15, 0.2) is 0 Å². The number of benzene rings is 2. The fraction of sp³-hybridized carbons (Fsp3) is 0.333. The van der Waals surface area contributed by atoms with E-state index in [2.05, 4.69) is 41.8 Å². The Morgan fingerprint density at radius 2 is 1.60 bits per heavy atom. The molecule has 25 heavy (non-hydrogen) atoms. The second kappa shape index (κ2) is 9.62. The zero-order chi connectivity index (χ0) is 18.1. The van der Waals surface area contributed by atoms with Gasteiger partial charge in [-0.1, -0.05) is 50.2 Å². The second-order valence-electron chi connectivity index (χ2n) is 6.02. The molecule has 0 bridgehead atoms. The number of carbonyl (C=O) groups excluding carboxylic acids is 2. The summed E-state index contributed by atoms with van der Waals surface area (Å²) in [5.41, 5.74) is 3.49. The van der Waals surface area contributed by atoms with Crippen molar-refractivity contribution in [2.45, 2.75) is 39.5 Å². The van der Waals surface area contributed by atoms with Crippen molar-refractivity contribution in [1.29, 1.82) is 0 Å². The van der Waals surface area contributed by atoms with Crippen LogP contribution in [0.25, 0.3) is 0 Å². The number of nitrogens with one attached hydrogen (secondary N) is 2. The predicted molar refractivity (Wildman–Crippen MR) is 102 cm³/mol. The summed E-state index contributed by atoms with van der Waals surface area (Å²) < 4.78 is 0. The van der Waals surface area contributed by atoms with Crippen LogP contribution in [0.5, 0.6) is 0 Å². The van der Waals surface area contributed by atoms with Crippen molar-refractivity contribution in [2.24, 2.45) is 0 Å². The average Bonchev–Trinajstić information content (AvgIpc) is 2.65. The molecule has 132 valence electrons. The van der Waals surface area contributed by atoms with Gasteiger partial charge in [0.25, 0.3) is 5.91 Å². The van der Waals surface area contributed by atoms with Crippen molar-refractivity contribution >= 4 is 17.5 Å². The molecule has 0 aliphatic rings. The highest BCUT2D eigenvalue weighted by atomic mass is 16.2. The van der Waals surface area contributed by atoms with Crippen LogP contribution in [0, 0.1) is 0 Å². The maximum atomic E-state index is 12.3. The first-order chi connectivity index (χ1) is 12.1. The molecule has 4 heteroatoms. The minimum Gasteiger partial charge on any atom is -0.352 e. The molecule has 0 radical (unpaired) electrons. The van der Waals surface area contributed by atoms with Gasteiger partial charge in [-0.2, -0.15) is 0 Å². The Bertz CT molecular complexity index is 708. The van der Waals surface area contributed by atoms with E-state index in [1.807, 2.05) is 13.0 Å². The highest BCUT2D eigenvalue weighted by Gasteiger charge is 2.12. The SMILES string of the molecule is CCCNC(=O)c1ccccc1NC(=O)CCc1ccc(CC)cc1. The molecule has 2 aromatic rings. The minimum atomic E-state index is -0.159. The van der Waals surface area contributed by atoms with Crippen molar-refractivity contribution < 1.29 is 9.59 Å². The van der Waals surface area contributed by atoms with Crippen LogP contribution in [0.3, 0.4) is 0 Å². The topological polar surface area (TPSA) is 58.2 Å². The Kier molecular flexibility index (Phi) is 7.20. The van der Waals surface area contributed by atoms with Gasteiger partial charge in [0.05, 0.1) is 11.3 Å². The Balaban J connectivity index is 1.94. The van der Waals surface area contributed by atoms with Crippen molar-refractivity contribution in [3.63, 3.8) is 0 Å². The summed E-state index contributed by atoms with van der Waals surface area (Å²) in [6.07, 6.45) is 2.95. The van der Waals surface area contributed by atoms with E-state index in [0.717, 1.165) is 18.4 Å². The van der Waals surface area contributed by atoms with Gasteiger partial charge in [0, 0.05) is 13.0 Å². The molecule has 0 unspecified atom stereocenters. The fourth-order valence-electron chi connectivity index (χ4n) is 2.54. The maximum absolute atomic E-state index is 12.3.